The van der Waals surface area contributed by atoms with Crippen molar-refractivity contribution in [3.63, 3.8) is 0 Å². The Morgan fingerprint density at radius 2 is 1.86 bits per heavy atom. The molecular weight excluding hydrogens is 450 g/mol. The molecule has 2 aliphatic heterocycles. The second-order valence-corrected chi connectivity index (χ2v) is 11.7. The number of likely N-dealkylation sites (tertiary alicyclic amines) is 1. The van der Waals surface area contributed by atoms with Gasteiger partial charge in [0.05, 0.1) is 0 Å². The number of carbonyl (C=O) groups excluding carboxylic acids is 5. The highest BCUT2D eigenvalue weighted by molar-refractivity contribution is 5.94. The van der Waals surface area contributed by atoms with Crippen molar-refractivity contribution in [1.29, 1.82) is 0 Å². The number of nitrogens with zero attached hydrogens (tertiary/aromatic N) is 1. The number of rotatable bonds is 8. The van der Waals surface area contributed by atoms with E-state index in [0.717, 1.165) is 6.08 Å². The van der Waals surface area contributed by atoms with Crippen LogP contribution in [0.3, 0.4) is 0 Å². The zero-order valence-electron chi connectivity index (χ0n) is 21.6. The molecule has 2 heterocycles. The second kappa shape index (κ2) is 9.62. The quantitative estimate of drug-likeness (QED) is 0.287. The molecule has 1 aliphatic carbocycles. The fraction of sp³-hybridized carbons (Fsp3) is 0.720. The summed E-state index contributed by atoms with van der Waals surface area (Å²) in [6.45, 7) is 15.6. The number of amides is 5. The molecule has 4 N–H and O–H groups in total. The maximum atomic E-state index is 13.6. The van der Waals surface area contributed by atoms with Crippen LogP contribution in [0.25, 0.3) is 0 Å². The summed E-state index contributed by atoms with van der Waals surface area (Å²) in [5.74, 6) is -1.75. The lowest BCUT2D eigenvalue weighted by molar-refractivity contribution is -0.145. The number of carbonyl (C=O) groups is 5. The summed E-state index contributed by atoms with van der Waals surface area (Å²) in [7, 11) is 0. The Balaban J connectivity index is 1.83. The van der Waals surface area contributed by atoms with Crippen molar-refractivity contribution >= 4 is 29.5 Å². The summed E-state index contributed by atoms with van der Waals surface area (Å²) in [6, 6.07) is -1.52. The molecule has 2 saturated heterocycles. The van der Waals surface area contributed by atoms with E-state index in [2.05, 4.69) is 41.7 Å². The summed E-state index contributed by atoms with van der Waals surface area (Å²) in [6.07, 6.45) is 1.19. The lowest BCUT2D eigenvalue weighted by Gasteiger charge is -2.38. The van der Waals surface area contributed by atoms with Gasteiger partial charge in [0.15, 0.2) is 0 Å². The number of hydrogen-bond donors (Lipinski definition) is 4. The average molecular weight is 490 g/mol. The fourth-order valence-corrected chi connectivity index (χ4v) is 5.63. The van der Waals surface area contributed by atoms with Crippen molar-refractivity contribution in [3.8, 4) is 0 Å². The van der Waals surface area contributed by atoms with E-state index in [9.17, 15) is 24.0 Å². The first-order valence-corrected chi connectivity index (χ1v) is 12.3. The van der Waals surface area contributed by atoms with Crippen LogP contribution in [0.2, 0.25) is 0 Å². The van der Waals surface area contributed by atoms with Crippen molar-refractivity contribution in [2.75, 3.05) is 13.1 Å². The maximum absolute atomic E-state index is 13.6. The minimum absolute atomic E-state index is 0.0325. The number of nitrogens with one attached hydrogen (secondary N) is 4. The van der Waals surface area contributed by atoms with Gasteiger partial charge in [-0.2, -0.15) is 0 Å². The highest BCUT2D eigenvalue weighted by Gasteiger charge is 2.69. The Kier molecular flexibility index (Phi) is 7.34. The molecular formula is C25H39N5O5. The van der Waals surface area contributed by atoms with Gasteiger partial charge >= 0.3 is 0 Å². The normalized spacial score (nSPS) is 28.3. The highest BCUT2D eigenvalue weighted by atomic mass is 16.2. The van der Waals surface area contributed by atoms with E-state index in [0.29, 0.717) is 19.5 Å². The van der Waals surface area contributed by atoms with Crippen LogP contribution >= 0.6 is 0 Å². The van der Waals surface area contributed by atoms with E-state index < -0.39 is 29.6 Å². The SMILES string of the molecule is C=CC(=O)N[C@H](C[C@@H]1CCNC1=O)NC(=O)[C@@H]1[C@@H]2[C@H](CN1C(=O)[C@@H](NC(C)=O)C(C)(C)C)C2(C)C. The summed E-state index contributed by atoms with van der Waals surface area (Å²) < 4.78 is 0. The molecule has 6 atom stereocenters. The van der Waals surface area contributed by atoms with E-state index in [1.54, 1.807) is 4.90 Å². The van der Waals surface area contributed by atoms with E-state index in [4.69, 9.17) is 0 Å². The van der Waals surface area contributed by atoms with Gasteiger partial charge in [-0.25, -0.2) is 0 Å². The third-order valence-electron chi connectivity index (χ3n) is 7.72. The Morgan fingerprint density at radius 3 is 2.37 bits per heavy atom. The van der Waals surface area contributed by atoms with Crippen LogP contribution < -0.4 is 21.3 Å². The standard InChI is InChI=1S/C25H39N5O5/c1-8-17(32)28-16(11-14-9-10-26-21(14)33)29-22(34)19-18-15(25(18,6)7)12-30(19)23(35)20(24(3,4)5)27-13(2)31/h8,14-16,18-20H,1,9-12H2,2-7H3,(H,26,33)(H,27,31)(H,28,32)(H,29,34)/t14-,15-,16-,18-,19-,20+/m0/s1. The topological polar surface area (TPSA) is 137 Å². The van der Waals surface area contributed by atoms with Gasteiger partial charge in [-0.1, -0.05) is 41.2 Å². The van der Waals surface area contributed by atoms with Gasteiger partial charge in [0.25, 0.3) is 0 Å². The zero-order chi connectivity index (χ0) is 26.3. The number of hydrogen-bond acceptors (Lipinski definition) is 5. The largest absolute Gasteiger partial charge is 0.356 e. The molecule has 0 unspecified atom stereocenters. The van der Waals surface area contributed by atoms with Crippen LogP contribution in [-0.2, 0) is 24.0 Å². The molecule has 10 nitrogen and oxygen atoms in total. The average Bonchev–Trinajstić information content (AvgIpc) is 3.10. The molecule has 0 spiro atoms. The van der Waals surface area contributed by atoms with Crippen molar-refractivity contribution in [2.24, 2.45) is 28.6 Å². The van der Waals surface area contributed by atoms with Gasteiger partial charge in [0, 0.05) is 25.9 Å². The van der Waals surface area contributed by atoms with Crippen molar-refractivity contribution in [3.05, 3.63) is 12.7 Å². The Morgan fingerprint density at radius 1 is 1.20 bits per heavy atom. The van der Waals surface area contributed by atoms with E-state index in [1.165, 1.54) is 6.92 Å². The van der Waals surface area contributed by atoms with Crippen molar-refractivity contribution in [2.45, 2.75) is 72.6 Å². The van der Waals surface area contributed by atoms with Crippen LogP contribution in [0, 0.1) is 28.6 Å². The molecule has 3 aliphatic rings. The second-order valence-electron chi connectivity index (χ2n) is 11.7. The van der Waals surface area contributed by atoms with E-state index in [1.807, 2.05) is 20.8 Å². The molecule has 3 fully saturated rings. The van der Waals surface area contributed by atoms with Gasteiger partial charge in [0.2, 0.25) is 29.5 Å². The minimum atomic E-state index is -0.784. The first-order chi connectivity index (χ1) is 16.2. The van der Waals surface area contributed by atoms with Crippen LogP contribution in [0.15, 0.2) is 12.7 Å². The lowest BCUT2D eigenvalue weighted by Crippen LogP contribution is -2.60. The summed E-state index contributed by atoms with van der Waals surface area (Å²) in [4.78, 5) is 64.9. The summed E-state index contributed by atoms with van der Waals surface area (Å²) >= 11 is 0. The van der Waals surface area contributed by atoms with Crippen LogP contribution in [0.5, 0.6) is 0 Å². The molecule has 10 heteroatoms. The predicted octanol–water partition coefficient (Wildman–Crippen LogP) is 0.291. The van der Waals surface area contributed by atoms with Gasteiger partial charge in [-0.05, 0) is 41.6 Å². The molecule has 0 aromatic heterocycles. The van der Waals surface area contributed by atoms with Crippen LogP contribution in [0.1, 0.15) is 54.4 Å². The molecule has 194 valence electrons. The molecule has 5 amide bonds. The van der Waals surface area contributed by atoms with E-state index >= 15 is 0 Å². The third-order valence-corrected chi connectivity index (χ3v) is 7.72. The minimum Gasteiger partial charge on any atom is -0.356 e. The zero-order valence-corrected chi connectivity index (χ0v) is 21.6. The maximum Gasteiger partial charge on any atom is 0.246 e. The van der Waals surface area contributed by atoms with Gasteiger partial charge < -0.3 is 26.2 Å². The molecule has 3 rings (SSSR count). The van der Waals surface area contributed by atoms with Gasteiger partial charge in [0.1, 0.15) is 18.2 Å². The number of piperidine rings is 1. The highest BCUT2D eigenvalue weighted by Crippen LogP contribution is 2.65. The molecule has 0 aromatic rings. The summed E-state index contributed by atoms with van der Waals surface area (Å²) in [5, 5.41) is 11.1. The monoisotopic (exact) mass is 489 g/mol. The smallest absolute Gasteiger partial charge is 0.246 e. The lowest BCUT2D eigenvalue weighted by atomic mass is 9.85. The first-order valence-electron chi connectivity index (χ1n) is 12.3. The molecule has 0 radical (unpaired) electrons. The Labute approximate surface area is 207 Å². The predicted molar refractivity (Wildman–Crippen MR) is 129 cm³/mol. The third kappa shape index (κ3) is 5.51. The summed E-state index contributed by atoms with van der Waals surface area (Å²) in [5.41, 5.74) is -0.655. The van der Waals surface area contributed by atoms with E-state index in [-0.39, 0.29) is 53.2 Å². The van der Waals surface area contributed by atoms with Crippen molar-refractivity contribution < 1.29 is 24.0 Å². The molecule has 1 saturated carbocycles. The van der Waals surface area contributed by atoms with Crippen LogP contribution in [-0.4, -0.2) is 65.8 Å². The molecule has 0 bridgehead atoms. The molecule has 35 heavy (non-hydrogen) atoms. The Hall–Kier alpha value is -2.91. The van der Waals surface area contributed by atoms with Gasteiger partial charge in [-0.15, -0.1) is 0 Å². The Bertz CT molecular complexity index is 924. The fourth-order valence-electron chi connectivity index (χ4n) is 5.63. The molecule has 0 aromatic carbocycles. The van der Waals surface area contributed by atoms with Gasteiger partial charge in [-0.3, -0.25) is 24.0 Å². The van der Waals surface area contributed by atoms with Crippen LogP contribution in [0.4, 0.5) is 0 Å². The van der Waals surface area contributed by atoms with Crippen molar-refractivity contribution in [1.82, 2.24) is 26.2 Å². The first kappa shape index (κ1) is 26.7. The number of fused-ring (bicyclic) bond motifs is 1.